The highest BCUT2D eigenvalue weighted by molar-refractivity contribution is 5.76. The lowest BCUT2D eigenvalue weighted by Gasteiger charge is -2.15. The van der Waals surface area contributed by atoms with Gasteiger partial charge in [0.2, 0.25) is 0 Å². The smallest absolute Gasteiger partial charge is 0.122 e. The molecule has 0 atom stereocenters. The van der Waals surface area contributed by atoms with Crippen LogP contribution in [0, 0.1) is 6.92 Å². The van der Waals surface area contributed by atoms with E-state index < -0.39 is 0 Å². The molecule has 4 rings (SSSR count). The third kappa shape index (κ3) is 5.16. The highest BCUT2D eigenvalue weighted by Crippen LogP contribution is 2.27. The summed E-state index contributed by atoms with van der Waals surface area (Å²) in [4.78, 5) is 4.93. The number of hydrogen-bond donors (Lipinski definition) is 0. The third-order valence-electron chi connectivity index (χ3n) is 5.76. The van der Waals surface area contributed by atoms with E-state index in [-0.39, 0.29) is 0 Å². The molecule has 31 heavy (non-hydrogen) atoms. The molecule has 0 radical (unpaired) electrons. The van der Waals surface area contributed by atoms with Crippen molar-refractivity contribution in [3.05, 3.63) is 95.3 Å². The van der Waals surface area contributed by atoms with E-state index in [4.69, 9.17) is 9.72 Å². The Kier molecular flexibility index (Phi) is 6.71. The van der Waals surface area contributed by atoms with E-state index in [2.05, 4.69) is 98.1 Å². The number of unbranched alkanes of at least 4 members (excludes halogenated alkanes) is 1. The van der Waals surface area contributed by atoms with Crippen molar-refractivity contribution in [3.8, 4) is 5.75 Å². The fourth-order valence-electron chi connectivity index (χ4n) is 4.09. The third-order valence-corrected chi connectivity index (χ3v) is 5.76. The van der Waals surface area contributed by atoms with Crippen molar-refractivity contribution in [2.45, 2.75) is 52.5 Å². The van der Waals surface area contributed by atoms with Gasteiger partial charge in [-0.05, 0) is 60.6 Å². The highest BCUT2D eigenvalue weighted by atomic mass is 16.5. The van der Waals surface area contributed by atoms with Gasteiger partial charge in [0.1, 0.15) is 11.6 Å². The van der Waals surface area contributed by atoms with Crippen molar-refractivity contribution in [2.75, 3.05) is 6.61 Å². The molecule has 1 heterocycles. The molecule has 3 heteroatoms. The Hall–Kier alpha value is -3.07. The zero-order chi connectivity index (χ0) is 21.6. The van der Waals surface area contributed by atoms with E-state index in [1.807, 2.05) is 0 Å². The average molecular weight is 413 g/mol. The Morgan fingerprint density at radius 2 is 1.68 bits per heavy atom. The first-order valence-corrected chi connectivity index (χ1v) is 11.3. The van der Waals surface area contributed by atoms with Gasteiger partial charge in [-0.15, -0.1) is 0 Å². The van der Waals surface area contributed by atoms with Gasteiger partial charge in [-0.2, -0.15) is 0 Å². The van der Waals surface area contributed by atoms with Crippen LogP contribution in [0.3, 0.4) is 0 Å². The van der Waals surface area contributed by atoms with Crippen LogP contribution < -0.4 is 4.74 Å². The molecule has 0 saturated carbocycles. The average Bonchev–Trinajstić information content (AvgIpc) is 3.11. The van der Waals surface area contributed by atoms with Crippen LogP contribution in [0.4, 0.5) is 0 Å². The van der Waals surface area contributed by atoms with Crippen LogP contribution >= 0.6 is 0 Å². The Morgan fingerprint density at radius 3 is 2.48 bits per heavy atom. The number of rotatable bonds is 9. The first kappa shape index (κ1) is 21.2. The van der Waals surface area contributed by atoms with E-state index in [0.717, 1.165) is 49.5 Å². The topological polar surface area (TPSA) is 27.1 Å². The molecule has 0 aliphatic heterocycles. The molecule has 0 saturated heterocycles. The number of aryl methyl sites for hydroxylation is 2. The highest BCUT2D eigenvalue weighted by Gasteiger charge is 2.11. The van der Waals surface area contributed by atoms with Crippen molar-refractivity contribution in [3.63, 3.8) is 0 Å². The fraction of sp³-hybridized carbons (Fsp3) is 0.321. The molecule has 0 unspecified atom stereocenters. The largest absolute Gasteiger partial charge is 0.493 e. The van der Waals surface area contributed by atoms with Crippen molar-refractivity contribution >= 4 is 11.0 Å². The van der Waals surface area contributed by atoms with Crippen LogP contribution in [0.15, 0.2) is 72.8 Å². The quantitative estimate of drug-likeness (QED) is 0.279. The number of aromatic nitrogens is 2. The molecule has 0 amide bonds. The lowest BCUT2D eigenvalue weighted by Crippen LogP contribution is -2.07. The van der Waals surface area contributed by atoms with E-state index in [9.17, 15) is 0 Å². The molecule has 0 aliphatic carbocycles. The SMILES string of the molecule is Cc1ccc(C(C)C)c(OCCCCn2c(Cc3ccccc3)nc3ccccc32)c1. The summed E-state index contributed by atoms with van der Waals surface area (Å²) in [6, 6.07) is 25.6. The van der Waals surface area contributed by atoms with Crippen molar-refractivity contribution < 1.29 is 4.74 Å². The normalized spacial score (nSPS) is 11.4. The van der Waals surface area contributed by atoms with Gasteiger partial charge in [0, 0.05) is 13.0 Å². The maximum atomic E-state index is 6.19. The maximum Gasteiger partial charge on any atom is 0.122 e. The molecule has 1 aromatic heterocycles. The summed E-state index contributed by atoms with van der Waals surface area (Å²) < 4.78 is 8.57. The summed E-state index contributed by atoms with van der Waals surface area (Å²) in [6.07, 6.45) is 2.93. The van der Waals surface area contributed by atoms with Gasteiger partial charge < -0.3 is 9.30 Å². The molecular formula is C28H32N2O. The number of imidazole rings is 1. The molecule has 0 N–H and O–H groups in total. The van der Waals surface area contributed by atoms with Gasteiger partial charge in [-0.1, -0.05) is 68.4 Å². The van der Waals surface area contributed by atoms with Gasteiger partial charge in [-0.25, -0.2) is 4.98 Å². The second-order valence-electron chi connectivity index (χ2n) is 8.58. The molecule has 3 nitrogen and oxygen atoms in total. The second-order valence-corrected chi connectivity index (χ2v) is 8.58. The summed E-state index contributed by atoms with van der Waals surface area (Å²) in [7, 11) is 0. The predicted molar refractivity (Wildman–Crippen MR) is 129 cm³/mol. The minimum absolute atomic E-state index is 0.466. The summed E-state index contributed by atoms with van der Waals surface area (Å²) in [5.74, 6) is 2.63. The van der Waals surface area contributed by atoms with Crippen LogP contribution in [-0.4, -0.2) is 16.2 Å². The maximum absolute atomic E-state index is 6.19. The molecule has 160 valence electrons. The van der Waals surface area contributed by atoms with Gasteiger partial charge in [-0.3, -0.25) is 0 Å². The van der Waals surface area contributed by atoms with Crippen molar-refractivity contribution in [2.24, 2.45) is 0 Å². The molecule has 0 aliphatic rings. The molecule has 0 spiro atoms. The standard InChI is InChI=1S/C28H32N2O/c1-21(2)24-16-15-22(3)19-27(24)31-18-10-9-17-30-26-14-8-7-13-25(26)29-28(30)20-23-11-5-4-6-12-23/h4-8,11-16,19,21H,9-10,17-18,20H2,1-3H3. The number of benzene rings is 3. The van der Waals surface area contributed by atoms with Gasteiger partial charge in [0.05, 0.1) is 17.6 Å². The Bertz CT molecular complexity index is 1130. The predicted octanol–water partition coefficient (Wildman–Crippen LogP) is 6.92. The number of hydrogen-bond acceptors (Lipinski definition) is 2. The summed E-state index contributed by atoms with van der Waals surface area (Å²) in [5, 5.41) is 0. The van der Waals surface area contributed by atoms with Crippen molar-refractivity contribution in [1.82, 2.24) is 9.55 Å². The van der Waals surface area contributed by atoms with Crippen LogP contribution in [0.5, 0.6) is 5.75 Å². The van der Waals surface area contributed by atoms with Crippen LogP contribution in [-0.2, 0) is 13.0 Å². The summed E-state index contributed by atoms with van der Waals surface area (Å²) >= 11 is 0. The van der Waals surface area contributed by atoms with Crippen molar-refractivity contribution in [1.29, 1.82) is 0 Å². The molecule has 3 aromatic carbocycles. The minimum atomic E-state index is 0.466. The van der Waals surface area contributed by atoms with Gasteiger partial charge in [0.15, 0.2) is 0 Å². The lowest BCUT2D eigenvalue weighted by molar-refractivity contribution is 0.299. The van der Waals surface area contributed by atoms with Crippen LogP contribution in [0.25, 0.3) is 11.0 Å². The van der Waals surface area contributed by atoms with E-state index in [1.165, 1.54) is 22.2 Å². The Morgan fingerprint density at radius 1 is 0.903 bits per heavy atom. The Labute approximate surface area is 185 Å². The fourth-order valence-corrected chi connectivity index (χ4v) is 4.09. The zero-order valence-electron chi connectivity index (χ0n) is 18.8. The van der Waals surface area contributed by atoms with Crippen LogP contribution in [0.2, 0.25) is 0 Å². The zero-order valence-corrected chi connectivity index (χ0v) is 18.8. The number of fused-ring (bicyclic) bond motifs is 1. The first-order chi connectivity index (χ1) is 15.1. The molecule has 0 fully saturated rings. The number of ether oxygens (including phenoxy) is 1. The Balaban J connectivity index is 1.41. The van der Waals surface area contributed by atoms with Crippen LogP contribution in [0.1, 0.15) is 55.1 Å². The minimum Gasteiger partial charge on any atom is -0.493 e. The molecular weight excluding hydrogens is 380 g/mol. The van der Waals surface area contributed by atoms with E-state index in [0.29, 0.717) is 5.92 Å². The monoisotopic (exact) mass is 412 g/mol. The molecule has 0 bridgehead atoms. The first-order valence-electron chi connectivity index (χ1n) is 11.3. The van der Waals surface area contributed by atoms with E-state index in [1.54, 1.807) is 0 Å². The summed E-state index contributed by atoms with van der Waals surface area (Å²) in [6.45, 7) is 8.25. The summed E-state index contributed by atoms with van der Waals surface area (Å²) in [5.41, 5.74) is 6.12. The van der Waals surface area contributed by atoms with E-state index >= 15 is 0 Å². The van der Waals surface area contributed by atoms with Gasteiger partial charge >= 0.3 is 0 Å². The number of para-hydroxylation sites is 2. The second kappa shape index (κ2) is 9.82. The number of nitrogens with zero attached hydrogens (tertiary/aromatic N) is 2. The lowest BCUT2D eigenvalue weighted by atomic mass is 10.0. The molecule has 4 aromatic rings. The van der Waals surface area contributed by atoms with Gasteiger partial charge in [0.25, 0.3) is 0 Å².